The predicted molar refractivity (Wildman–Crippen MR) is 124 cm³/mol. The summed E-state index contributed by atoms with van der Waals surface area (Å²) < 4.78 is 27.5. The number of rotatable bonds is 6. The summed E-state index contributed by atoms with van der Waals surface area (Å²) in [4.78, 5) is 15.3. The van der Waals surface area contributed by atoms with Crippen LogP contribution < -0.4 is 5.32 Å². The zero-order chi connectivity index (χ0) is 21.8. The van der Waals surface area contributed by atoms with E-state index in [2.05, 4.69) is 10.2 Å². The molecular formula is C23H25N3O3S2. The molecule has 1 aliphatic heterocycles. The van der Waals surface area contributed by atoms with Crippen molar-refractivity contribution in [2.24, 2.45) is 0 Å². The van der Waals surface area contributed by atoms with Gasteiger partial charge in [-0.25, -0.2) is 8.42 Å². The molecule has 31 heavy (non-hydrogen) atoms. The lowest BCUT2D eigenvalue weighted by Gasteiger charge is -2.38. The second kappa shape index (κ2) is 9.32. The molecule has 2 heterocycles. The first kappa shape index (κ1) is 21.7. The fourth-order valence-electron chi connectivity index (χ4n) is 3.75. The van der Waals surface area contributed by atoms with Gasteiger partial charge in [0.25, 0.3) is 10.0 Å². The quantitative estimate of drug-likeness (QED) is 0.615. The SMILES string of the molecule is Cc1ccc(NC(=O)[C@@H](c2ccccc2)N2CCN(S(=O)(=O)c3cccs3)CC2)cc1. The number of amides is 1. The molecule has 1 fully saturated rings. The Morgan fingerprint density at radius 1 is 0.935 bits per heavy atom. The molecule has 0 aliphatic carbocycles. The van der Waals surface area contributed by atoms with E-state index in [0.717, 1.165) is 16.8 Å². The van der Waals surface area contributed by atoms with Gasteiger partial charge in [-0.1, -0.05) is 54.1 Å². The first-order chi connectivity index (χ1) is 14.9. The highest BCUT2D eigenvalue weighted by Gasteiger charge is 2.34. The van der Waals surface area contributed by atoms with Crippen LogP contribution in [0.15, 0.2) is 76.3 Å². The minimum atomic E-state index is -3.48. The number of nitrogens with one attached hydrogen (secondary N) is 1. The Kier molecular flexibility index (Phi) is 6.52. The van der Waals surface area contributed by atoms with E-state index < -0.39 is 16.1 Å². The van der Waals surface area contributed by atoms with E-state index in [1.54, 1.807) is 17.5 Å². The van der Waals surface area contributed by atoms with Gasteiger partial charge in [-0.2, -0.15) is 4.31 Å². The lowest BCUT2D eigenvalue weighted by atomic mass is 10.0. The Bertz CT molecular complexity index is 1110. The summed E-state index contributed by atoms with van der Waals surface area (Å²) in [6, 6.07) is 20.2. The molecule has 8 heteroatoms. The molecule has 0 spiro atoms. The molecule has 1 atom stereocenters. The van der Waals surface area contributed by atoms with Crippen LogP contribution in [0, 0.1) is 6.92 Å². The first-order valence-corrected chi connectivity index (χ1v) is 12.5. The van der Waals surface area contributed by atoms with Gasteiger partial charge in [0.15, 0.2) is 0 Å². The van der Waals surface area contributed by atoms with Crippen LogP contribution in [0.4, 0.5) is 5.69 Å². The van der Waals surface area contributed by atoms with E-state index >= 15 is 0 Å². The maximum atomic E-state index is 13.3. The lowest BCUT2D eigenvalue weighted by molar-refractivity contribution is -0.122. The normalized spacial score (nSPS) is 16.7. The molecule has 0 radical (unpaired) electrons. The number of thiophene rings is 1. The van der Waals surface area contributed by atoms with Crippen LogP contribution >= 0.6 is 11.3 Å². The predicted octanol–water partition coefficient (Wildman–Crippen LogP) is 3.74. The minimum Gasteiger partial charge on any atom is -0.324 e. The van der Waals surface area contributed by atoms with Crippen molar-refractivity contribution < 1.29 is 13.2 Å². The molecule has 3 aromatic rings. The number of hydrogen-bond donors (Lipinski definition) is 1. The summed E-state index contributed by atoms with van der Waals surface area (Å²) in [5, 5.41) is 4.79. The Morgan fingerprint density at radius 3 is 2.23 bits per heavy atom. The van der Waals surface area contributed by atoms with E-state index in [1.807, 2.05) is 61.5 Å². The topological polar surface area (TPSA) is 69.7 Å². The molecular weight excluding hydrogens is 430 g/mol. The second-order valence-electron chi connectivity index (χ2n) is 7.54. The molecule has 1 aliphatic rings. The van der Waals surface area contributed by atoms with Gasteiger partial charge in [0.2, 0.25) is 5.91 Å². The summed E-state index contributed by atoms with van der Waals surface area (Å²) in [5.41, 5.74) is 2.76. The van der Waals surface area contributed by atoms with Crippen LogP contribution in [-0.2, 0) is 14.8 Å². The highest BCUT2D eigenvalue weighted by Crippen LogP contribution is 2.27. The largest absolute Gasteiger partial charge is 0.324 e. The molecule has 1 N–H and O–H groups in total. The highest BCUT2D eigenvalue weighted by atomic mass is 32.2. The van der Waals surface area contributed by atoms with E-state index in [9.17, 15) is 13.2 Å². The number of sulfonamides is 1. The number of aryl methyl sites for hydroxylation is 1. The van der Waals surface area contributed by atoms with Crippen molar-refractivity contribution in [3.63, 3.8) is 0 Å². The molecule has 0 bridgehead atoms. The molecule has 6 nitrogen and oxygen atoms in total. The summed E-state index contributed by atoms with van der Waals surface area (Å²) in [7, 11) is -3.48. The van der Waals surface area contributed by atoms with Gasteiger partial charge < -0.3 is 5.32 Å². The first-order valence-electron chi connectivity index (χ1n) is 10.2. The maximum Gasteiger partial charge on any atom is 0.252 e. The number of hydrogen-bond acceptors (Lipinski definition) is 5. The van der Waals surface area contributed by atoms with Gasteiger partial charge in [0, 0.05) is 31.9 Å². The van der Waals surface area contributed by atoms with Crippen molar-refractivity contribution in [3.8, 4) is 0 Å². The fraction of sp³-hybridized carbons (Fsp3) is 0.261. The summed E-state index contributed by atoms with van der Waals surface area (Å²) in [6.07, 6.45) is 0. The molecule has 0 unspecified atom stereocenters. The number of benzene rings is 2. The van der Waals surface area contributed by atoms with Crippen molar-refractivity contribution in [3.05, 3.63) is 83.2 Å². The van der Waals surface area contributed by atoms with Crippen molar-refractivity contribution in [1.29, 1.82) is 0 Å². The molecule has 0 saturated carbocycles. The standard InChI is InChI=1S/C23H25N3O3S2/c1-18-9-11-20(12-10-18)24-23(27)22(19-6-3-2-4-7-19)25-13-15-26(16-14-25)31(28,29)21-8-5-17-30-21/h2-12,17,22H,13-16H2,1H3,(H,24,27)/t22-/m1/s1. The molecule has 4 rings (SSSR count). The van der Waals surface area contributed by atoms with Crippen LogP contribution in [0.1, 0.15) is 17.2 Å². The van der Waals surface area contributed by atoms with E-state index in [0.29, 0.717) is 30.4 Å². The van der Waals surface area contributed by atoms with Crippen molar-refractivity contribution in [2.75, 3.05) is 31.5 Å². The minimum absolute atomic E-state index is 0.121. The lowest BCUT2D eigenvalue weighted by Crippen LogP contribution is -2.51. The van der Waals surface area contributed by atoms with Gasteiger partial charge in [-0.3, -0.25) is 9.69 Å². The van der Waals surface area contributed by atoms with E-state index in [-0.39, 0.29) is 5.91 Å². The van der Waals surface area contributed by atoms with Crippen molar-refractivity contribution in [1.82, 2.24) is 9.21 Å². The number of carbonyl (C=O) groups is 1. The van der Waals surface area contributed by atoms with Gasteiger partial charge in [-0.15, -0.1) is 11.3 Å². The van der Waals surface area contributed by atoms with Crippen molar-refractivity contribution in [2.45, 2.75) is 17.2 Å². The third-order valence-electron chi connectivity index (χ3n) is 5.41. The number of piperazine rings is 1. The highest BCUT2D eigenvalue weighted by molar-refractivity contribution is 7.91. The average Bonchev–Trinajstić information content (AvgIpc) is 3.33. The monoisotopic (exact) mass is 455 g/mol. The summed E-state index contributed by atoms with van der Waals surface area (Å²) >= 11 is 1.23. The van der Waals surface area contributed by atoms with E-state index in [1.165, 1.54) is 15.6 Å². The van der Waals surface area contributed by atoms with Crippen LogP contribution in [-0.4, -0.2) is 49.7 Å². The summed E-state index contributed by atoms with van der Waals surface area (Å²) in [5.74, 6) is -0.121. The van der Waals surface area contributed by atoms with Crippen LogP contribution in [0.3, 0.4) is 0 Å². The zero-order valence-electron chi connectivity index (χ0n) is 17.3. The van der Waals surface area contributed by atoms with Gasteiger partial charge in [0.1, 0.15) is 10.3 Å². The molecule has 162 valence electrons. The van der Waals surface area contributed by atoms with Gasteiger partial charge >= 0.3 is 0 Å². The molecule has 2 aromatic carbocycles. The maximum absolute atomic E-state index is 13.3. The summed E-state index contributed by atoms with van der Waals surface area (Å²) in [6.45, 7) is 3.65. The smallest absolute Gasteiger partial charge is 0.252 e. The number of anilines is 1. The third kappa shape index (κ3) is 4.88. The fourth-order valence-corrected chi connectivity index (χ4v) is 6.32. The Hall–Kier alpha value is -2.52. The van der Waals surface area contributed by atoms with Crippen molar-refractivity contribution >= 4 is 33.0 Å². The second-order valence-corrected chi connectivity index (χ2v) is 10.7. The molecule has 1 saturated heterocycles. The molecule has 1 amide bonds. The van der Waals surface area contributed by atoms with Crippen LogP contribution in [0.2, 0.25) is 0 Å². The Morgan fingerprint density at radius 2 is 1.61 bits per heavy atom. The van der Waals surface area contributed by atoms with Crippen LogP contribution in [0.25, 0.3) is 0 Å². The van der Waals surface area contributed by atoms with Gasteiger partial charge in [-0.05, 0) is 36.1 Å². The van der Waals surface area contributed by atoms with E-state index in [4.69, 9.17) is 0 Å². The number of carbonyl (C=O) groups excluding carboxylic acids is 1. The Balaban J connectivity index is 1.52. The zero-order valence-corrected chi connectivity index (χ0v) is 18.9. The molecule has 1 aromatic heterocycles. The van der Waals surface area contributed by atoms with Gasteiger partial charge in [0.05, 0.1) is 0 Å². The Labute approximate surface area is 187 Å². The average molecular weight is 456 g/mol. The van der Waals surface area contributed by atoms with Crippen LogP contribution in [0.5, 0.6) is 0 Å². The third-order valence-corrected chi connectivity index (χ3v) is 8.68. The number of nitrogens with zero attached hydrogens (tertiary/aromatic N) is 2.